The van der Waals surface area contributed by atoms with Crippen molar-refractivity contribution >= 4 is 0 Å². The minimum absolute atomic E-state index is 0.286. The lowest BCUT2D eigenvalue weighted by molar-refractivity contribution is -0.325. The molecule has 0 aromatic carbocycles. The summed E-state index contributed by atoms with van der Waals surface area (Å²) in [7, 11) is 0. The Morgan fingerprint density at radius 3 is 2.48 bits per heavy atom. The number of halogens is 3. The summed E-state index contributed by atoms with van der Waals surface area (Å²) >= 11 is 0. The van der Waals surface area contributed by atoms with Gasteiger partial charge in [-0.3, -0.25) is 9.64 Å². The van der Waals surface area contributed by atoms with Crippen LogP contribution in [0.1, 0.15) is 40.5 Å². The summed E-state index contributed by atoms with van der Waals surface area (Å²) in [5, 5.41) is 3.56. The standard InChI is InChI=1S/C15H29F3N2O/c1-5-12(4)14-10-20(6-7-21-15(16,17)18)13(9-19-14)8-11(2)3/h11-14,19H,5-10H2,1-4H3. The zero-order valence-corrected chi connectivity index (χ0v) is 13.5. The van der Waals surface area contributed by atoms with Gasteiger partial charge >= 0.3 is 6.36 Å². The molecule has 1 aliphatic heterocycles. The molecule has 0 saturated carbocycles. The molecule has 0 amide bonds. The first-order valence-electron chi connectivity index (χ1n) is 7.91. The highest BCUT2D eigenvalue weighted by molar-refractivity contribution is 4.88. The SMILES string of the molecule is CCC(C)C1CN(CCOC(F)(F)F)C(CC(C)C)CN1. The number of nitrogens with one attached hydrogen (secondary N) is 1. The Morgan fingerprint density at radius 1 is 1.29 bits per heavy atom. The average Bonchev–Trinajstić information content (AvgIpc) is 2.37. The predicted octanol–water partition coefficient (Wildman–Crippen LogP) is 3.26. The lowest BCUT2D eigenvalue weighted by Crippen LogP contribution is -2.59. The molecule has 3 atom stereocenters. The number of ether oxygens (including phenoxy) is 1. The molecule has 0 aromatic rings. The van der Waals surface area contributed by atoms with Gasteiger partial charge in [-0.25, -0.2) is 0 Å². The van der Waals surface area contributed by atoms with Gasteiger partial charge in [0, 0.05) is 31.7 Å². The van der Waals surface area contributed by atoms with Crippen molar-refractivity contribution in [1.29, 1.82) is 0 Å². The summed E-state index contributed by atoms with van der Waals surface area (Å²) in [5.41, 5.74) is 0. The van der Waals surface area contributed by atoms with Crippen LogP contribution in [-0.4, -0.2) is 49.6 Å². The number of rotatable bonds is 7. The van der Waals surface area contributed by atoms with Gasteiger partial charge in [0.25, 0.3) is 0 Å². The van der Waals surface area contributed by atoms with E-state index in [1.807, 2.05) is 0 Å². The summed E-state index contributed by atoms with van der Waals surface area (Å²) in [4.78, 5) is 2.17. The van der Waals surface area contributed by atoms with Crippen LogP contribution in [0.2, 0.25) is 0 Å². The zero-order valence-electron chi connectivity index (χ0n) is 13.5. The average molecular weight is 310 g/mol. The monoisotopic (exact) mass is 310 g/mol. The van der Waals surface area contributed by atoms with Crippen LogP contribution in [0.15, 0.2) is 0 Å². The second kappa shape index (κ2) is 8.34. The largest absolute Gasteiger partial charge is 0.522 e. The molecule has 3 unspecified atom stereocenters. The normalized spacial score (nSPS) is 26.3. The van der Waals surface area contributed by atoms with Crippen LogP contribution >= 0.6 is 0 Å². The van der Waals surface area contributed by atoms with Gasteiger partial charge in [0.1, 0.15) is 0 Å². The molecule has 3 nitrogen and oxygen atoms in total. The fourth-order valence-corrected chi connectivity index (χ4v) is 2.88. The maximum atomic E-state index is 12.1. The van der Waals surface area contributed by atoms with Crippen LogP contribution < -0.4 is 5.32 Å². The summed E-state index contributed by atoms with van der Waals surface area (Å²) in [6.07, 6.45) is -2.47. The molecule has 1 N–H and O–H groups in total. The van der Waals surface area contributed by atoms with Crippen LogP contribution in [0.4, 0.5) is 13.2 Å². The third kappa shape index (κ3) is 6.98. The zero-order chi connectivity index (χ0) is 16.0. The smallest absolute Gasteiger partial charge is 0.311 e. The molecule has 6 heteroatoms. The third-order valence-corrected chi connectivity index (χ3v) is 4.28. The van der Waals surface area contributed by atoms with Crippen molar-refractivity contribution in [1.82, 2.24) is 10.2 Å². The fraction of sp³-hybridized carbons (Fsp3) is 1.00. The van der Waals surface area contributed by atoms with Crippen LogP contribution in [0.25, 0.3) is 0 Å². The van der Waals surface area contributed by atoms with E-state index < -0.39 is 6.36 Å². The molecule has 0 aliphatic carbocycles. The van der Waals surface area contributed by atoms with Crippen molar-refractivity contribution in [2.24, 2.45) is 11.8 Å². The molecule has 1 aliphatic rings. The first kappa shape index (κ1) is 18.7. The Balaban J connectivity index is 2.56. The molecule has 1 heterocycles. The van der Waals surface area contributed by atoms with E-state index in [4.69, 9.17) is 0 Å². The number of nitrogens with zero attached hydrogens (tertiary/aromatic N) is 1. The van der Waals surface area contributed by atoms with Crippen LogP contribution in [0.3, 0.4) is 0 Å². The first-order chi connectivity index (χ1) is 9.73. The van der Waals surface area contributed by atoms with Gasteiger partial charge in [-0.15, -0.1) is 13.2 Å². The second-order valence-electron chi connectivity index (χ2n) is 6.47. The molecule has 1 rings (SSSR count). The minimum atomic E-state index is -4.53. The Morgan fingerprint density at radius 2 is 1.95 bits per heavy atom. The van der Waals surface area contributed by atoms with Gasteiger partial charge in [0.15, 0.2) is 0 Å². The van der Waals surface area contributed by atoms with Crippen molar-refractivity contribution in [2.45, 2.75) is 59.0 Å². The number of alkyl halides is 3. The first-order valence-corrected chi connectivity index (χ1v) is 7.91. The van der Waals surface area contributed by atoms with E-state index in [0.29, 0.717) is 30.5 Å². The number of piperazine rings is 1. The molecule has 0 aromatic heterocycles. The van der Waals surface area contributed by atoms with Gasteiger partial charge in [-0.05, 0) is 18.3 Å². The van der Waals surface area contributed by atoms with Gasteiger partial charge in [0.2, 0.25) is 0 Å². The number of hydrogen-bond donors (Lipinski definition) is 1. The van der Waals surface area contributed by atoms with Crippen molar-refractivity contribution < 1.29 is 17.9 Å². The van der Waals surface area contributed by atoms with E-state index in [-0.39, 0.29) is 6.61 Å². The highest BCUT2D eigenvalue weighted by Gasteiger charge is 2.32. The second-order valence-corrected chi connectivity index (χ2v) is 6.47. The highest BCUT2D eigenvalue weighted by atomic mass is 19.4. The lowest BCUT2D eigenvalue weighted by atomic mass is 9.93. The topological polar surface area (TPSA) is 24.5 Å². The summed E-state index contributed by atoms with van der Waals surface area (Å²) in [6, 6.07) is 0.645. The van der Waals surface area contributed by atoms with Crippen LogP contribution in [0.5, 0.6) is 0 Å². The Hall–Kier alpha value is -0.330. The summed E-state index contributed by atoms with van der Waals surface area (Å²) in [5.74, 6) is 1.05. The van der Waals surface area contributed by atoms with E-state index in [1.54, 1.807) is 0 Å². The van der Waals surface area contributed by atoms with E-state index in [1.165, 1.54) is 0 Å². The Bertz CT molecular complexity index is 297. The lowest BCUT2D eigenvalue weighted by Gasteiger charge is -2.43. The van der Waals surface area contributed by atoms with E-state index in [2.05, 4.69) is 42.6 Å². The maximum absolute atomic E-state index is 12.1. The van der Waals surface area contributed by atoms with Crippen molar-refractivity contribution in [3.05, 3.63) is 0 Å². The van der Waals surface area contributed by atoms with E-state index in [9.17, 15) is 13.2 Å². The fourth-order valence-electron chi connectivity index (χ4n) is 2.88. The van der Waals surface area contributed by atoms with E-state index >= 15 is 0 Å². The molecule has 21 heavy (non-hydrogen) atoms. The molecular weight excluding hydrogens is 281 g/mol. The van der Waals surface area contributed by atoms with Gasteiger partial charge in [-0.1, -0.05) is 34.1 Å². The highest BCUT2D eigenvalue weighted by Crippen LogP contribution is 2.21. The van der Waals surface area contributed by atoms with Crippen LogP contribution in [0, 0.1) is 11.8 Å². The van der Waals surface area contributed by atoms with Crippen molar-refractivity contribution in [3.63, 3.8) is 0 Å². The third-order valence-electron chi connectivity index (χ3n) is 4.28. The molecular formula is C15H29F3N2O. The maximum Gasteiger partial charge on any atom is 0.522 e. The molecule has 1 saturated heterocycles. The molecule has 1 fully saturated rings. The molecule has 126 valence electrons. The summed E-state index contributed by atoms with van der Waals surface area (Å²) in [6.45, 7) is 10.3. The van der Waals surface area contributed by atoms with Crippen LogP contribution in [-0.2, 0) is 4.74 Å². The number of hydrogen-bond acceptors (Lipinski definition) is 3. The van der Waals surface area contributed by atoms with Crippen molar-refractivity contribution in [3.8, 4) is 0 Å². The molecule has 0 bridgehead atoms. The molecule has 0 radical (unpaired) electrons. The predicted molar refractivity (Wildman–Crippen MR) is 78.1 cm³/mol. The van der Waals surface area contributed by atoms with Gasteiger partial charge in [-0.2, -0.15) is 0 Å². The minimum Gasteiger partial charge on any atom is -0.311 e. The Kier molecular flexibility index (Phi) is 7.44. The summed E-state index contributed by atoms with van der Waals surface area (Å²) < 4.78 is 40.3. The Labute approximate surface area is 126 Å². The quantitative estimate of drug-likeness (QED) is 0.781. The molecule has 0 spiro atoms. The van der Waals surface area contributed by atoms with E-state index in [0.717, 1.165) is 25.9 Å². The van der Waals surface area contributed by atoms with Gasteiger partial charge < -0.3 is 5.32 Å². The van der Waals surface area contributed by atoms with Gasteiger partial charge in [0.05, 0.1) is 6.61 Å². The van der Waals surface area contributed by atoms with Crippen molar-refractivity contribution in [2.75, 3.05) is 26.2 Å².